The van der Waals surface area contributed by atoms with Crippen LogP contribution in [-0.2, 0) is 11.2 Å². The van der Waals surface area contributed by atoms with E-state index in [1.165, 1.54) is 0 Å². The molecule has 0 fully saturated rings. The van der Waals surface area contributed by atoms with E-state index in [9.17, 15) is 4.55 Å². The van der Waals surface area contributed by atoms with Crippen molar-refractivity contribution >= 4 is 27.1 Å². The third-order valence-corrected chi connectivity index (χ3v) is 1.10. The smallest absolute Gasteiger partial charge is 0.106 e. The van der Waals surface area contributed by atoms with E-state index in [1.54, 1.807) is 18.7 Å². The maximum atomic E-state index is 9.56. The summed E-state index contributed by atoms with van der Waals surface area (Å²) in [7, 11) is 0. The van der Waals surface area contributed by atoms with Gasteiger partial charge in [-0.05, 0) is 28.1 Å². The molecule has 0 aromatic carbocycles. The fourth-order valence-corrected chi connectivity index (χ4v) is 0.613. The number of pyridine rings is 1. The van der Waals surface area contributed by atoms with Crippen molar-refractivity contribution in [3.63, 3.8) is 0 Å². The first-order chi connectivity index (χ1) is 5.13. The molecule has 62 valence electrons. The van der Waals surface area contributed by atoms with E-state index in [0.29, 0.717) is 0 Å². The van der Waals surface area contributed by atoms with Crippen molar-refractivity contribution in [3.8, 4) is 0 Å². The molecule has 0 saturated carbocycles. The Kier molecular flexibility index (Phi) is 6.60. The number of hydrogen-bond acceptors (Lipinski definition) is 2. The van der Waals surface area contributed by atoms with E-state index >= 15 is 0 Å². The topological polar surface area (TPSA) is 36.0 Å². The summed E-state index contributed by atoms with van der Waals surface area (Å²) in [6.07, 6.45) is 5.02. The highest BCUT2D eigenvalue weighted by Crippen LogP contribution is 2.00. The van der Waals surface area contributed by atoms with E-state index in [1.807, 2.05) is 18.2 Å². The lowest BCUT2D eigenvalue weighted by Gasteiger charge is -1.87. The monoisotopic (exact) mass is 235 g/mol. The van der Waals surface area contributed by atoms with Crippen LogP contribution >= 0.6 is 15.9 Å². The molecule has 1 aromatic heterocycles. The molecule has 0 bridgehead atoms. The minimum absolute atomic E-state index is 0.611. The Morgan fingerprint density at radius 1 is 1.45 bits per heavy atom. The molecule has 0 aliphatic rings. The first-order valence-corrected chi connectivity index (χ1v) is 5.70. The molecule has 0 atom stereocenters. The second-order valence-electron chi connectivity index (χ2n) is 1.89. The van der Waals surface area contributed by atoms with Crippen molar-refractivity contribution in [2.24, 2.45) is 0 Å². The molecule has 0 spiro atoms. The zero-order chi connectivity index (χ0) is 8.69. The molecule has 11 heavy (non-hydrogen) atoms. The predicted octanol–water partition coefficient (Wildman–Crippen LogP) is 1.84. The van der Waals surface area contributed by atoms with E-state index in [0.717, 1.165) is 4.60 Å². The highest BCUT2D eigenvalue weighted by Gasteiger charge is 1.75. The minimum atomic E-state index is -0.611. The Morgan fingerprint density at radius 3 is 2.18 bits per heavy atom. The summed E-state index contributed by atoms with van der Waals surface area (Å²) in [6.45, 7) is 0. The second-order valence-corrected chi connectivity index (χ2v) is 4.19. The largest absolute Gasteiger partial charge is 0.617 e. The summed E-state index contributed by atoms with van der Waals surface area (Å²) in [5, 5.41) is 0. The van der Waals surface area contributed by atoms with Gasteiger partial charge in [0.15, 0.2) is 0 Å². The Labute approximate surface area is 78.3 Å². The molecule has 0 unspecified atom stereocenters. The third-order valence-electron chi connectivity index (χ3n) is 0.629. The Balaban J connectivity index is 0.000000218. The van der Waals surface area contributed by atoms with Gasteiger partial charge in [0.05, 0.1) is 12.5 Å². The summed E-state index contributed by atoms with van der Waals surface area (Å²) < 4.78 is 10.4. The first-order valence-electron chi connectivity index (χ1n) is 2.94. The van der Waals surface area contributed by atoms with Gasteiger partial charge in [-0.1, -0.05) is 17.2 Å². The lowest BCUT2D eigenvalue weighted by molar-refractivity contribution is 0.606. The number of rotatable bonds is 0. The third kappa shape index (κ3) is 9.94. The van der Waals surface area contributed by atoms with Crippen LogP contribution in [0.2, 0.25) is 0 Å². The maximum Gasteiger partial charge on any atom is 0.106 e. The van der Waals surface area contributed by atoms with E-state index in [-0.39, 0.29) is 0 Å². The number of halogens is 1. The predicted molar refractivity (Wildman–Crippen MR) is 51.9 cm³/mol. The first kappa shape index (κ1) is 10.9. The van der Waals surface area contributed by atoms with Gasteiger partial charge in [0.2, 0.25) is 0 Å². The van der Waals surface area contributed by atoms with E-state index < -0.39 is 11.2 Å². The van der Waals surface area contributed by atoms with Crippen LogP contribution < -0.4 is 0 Å². The van der Waals surface area contributed by atoms with Gasteiger partial charge in [0.25, 0.3) is 0 Å². The van der Waals surface area contributed by atoms with Gasteiger partial charge in [-0.15, -0.1) is 0 Å². The van der Waals surface area contributed by atoms with Gasteiger partial charge in [-0.3, -0.25) is 0 Å². The lowest BCUT2D eigenvalue weighted by Crippen LogP contribution is -1.86. The van der Waals surface area contributed by atoms with Crippen LogP contribution in [0.15, 0.2) is 29.0 Å². The molecule has 0 amide bonds. The van der Waals surface area contributed by atoms with Crippen molar-refractivity contribution < 1.29 is 4.55 Å². The van der Waals surface area contributed by atoms with Gasteiger partial charge in [0.1, 0.15) is 4.60 Å². The van der Waals surface area contributed by atoms with Crippen molar-refractivity contribution in [2.45, 2.75) is 0 Å². The molecule has 0 N–H and O–H groups in total. The molecule has 0 radical (unpaired) electrons. The fourth-order valence-electron chi connectivity index (χ4n) is 0.342. The van der Waals surface area contributed by atoms with Gasteiger partial charge in [0, 0.05) is 6.20 Å². The Hall–Kier alpha value is -0.0600. The van der Waals surface area contributed by atoms with Crippen molar-refractivity contribution in [2.75, 3.05) is 12.5 Å². The van der Waals surface area contributed by atoms with Crippen molar-refractivity contribution in [3.05, 3.63) is 29.0 Å². The van der Waals surface area contributed by atoms with Crippen molar-refractivity contribution in [1.82, 2.24) is 4.98 Å². The molecule has 2 nitrogen and oxygen atoms in total. The van der Waals surface area contributed by atoms with Crippen LogP contribution in [0.3, 0.4) is 0 Å². The van der Waals surface area contributed by atoms with Crippen molar-refractivity contribution in [1.29, 1.82) is 0 Å². The second kappa shape index (κ2) is 6.64. The number of nitrogens with zero attached hydrogens (tertiary/aromatic N) is 1. The number of hydrogen-bond donors (Lipinski definition) is 0. The average Bonchev–Trinajstić information content (AvgIpc) is 1.87. The highest BCUT2D eigenvalue weighted by molar-refractivity contribution is 9.10. The zero-order valence-electron chi connectivity index (χ0n) is 6.45. The normalized spacial score (nSPS) is 8.82. The van der Waals surface area contributed by atoms with Crippen LogP contribution in [-0.4, -0.2) is 22.0 Å². The Morgan fingerprint density at radius 2 is 2.00 bits per heavy atom. The molecule has 0 saturated heterocycles. The quantitative estimate of drug-likeness (QED) is 0.509. The van der Waals surface area contributed by atoms with Gasteiger partial charge < -0.3 is 4.55 Å². The standard InChI is InChI=1S/C5H4BrN.C2H6OS/c6-5-3-1-2-4-7-5;1-4(2)3/h1-4H;1-2H3. The summed E-state index contributed by atoms with van der Waals surface area (Å²) in [5.74, 6) is 0. The highest BCUT2D eigenvalue weighted by atomic mass is 79.9. The van der Waals surface area contributed by atoms with E-state index in [2.05, 4.69) is 20.9 Å². The maximum absolute atomic E-state index is 9.56. The van der Waals surface area contributed by atoms with Gasteiger partial charge >= 0.3 is 0 Å². The van der Waals surface area contributed by atoms with E-state index in [4.69, 9.17) is 0 Å². The molecule has 1 heterocycles. The summed E-state index contributed by atoms with van der Waals surface area (Å²) in [4.78, 5) is 3.90. The van der Waals surface area contributed by atoms with Crippen LogP contribution in [0.4, 0.5) is 0 Å². The zero-order valence-corrected chi connectivity index (χ0v) is 8.85. The summed E-state index contributed by atoms with van der Waals surface area (Å²) in [5.41, 5.74) is 0. The van der Waals surface area contributed by atoms with Crippen LogP contribution in [0.1, 0.15) is 0 Å². The molecule has 1 aromatic rings. The molecular weight excluding hydrogens is 226 g/mol. The van der Waals surface area contributed by atoms with Crippen LogP contribution in [0.25, 0.3) is 0 Å². The molecule has 0 aliphatic carbocycles. The lowest BCUT2D eigenvalue weighted by atomic mass is 10.5. The SMILES string of the molecule is Brc1ccccn1.C[S+](C)[O-]. The molecule has 0 aliphatic heterocycles. The number of aromatic nitrogens is 1. The van der Waals surface area contributed by atoms with Gasteiger partial charge in [-0.2, -0.15) is 0 Å². The fraction of sp³-hybridized carbons (Fsp3) is 0.286. The molecular formula is C7H10BrNOS. The summed E-state index contributed by atoms with van der Waals surface area (Å²) >= 11 is 2.59. The summed E-state index contributed by atoms with van der Waals surface area (Å²) in [6, 6.07) is 5.70. The van der Waals surface area contributed by atoms with Gasteiger partial charge in [-0.25, -0.2) is 4.98 Å². The minimum Gasteiger partial charge on any atom is -0.617 e. The van der Waals surface area contributed by atoms with Crippen LogP contribution in [0.5, 0.6) is 0 Å². The van der Waals surface area contributed by atoms with Crippen LogP contribution in [0, 0.1) is 0 Å². The Bertz CT molecular complexity index is 178. The average molecular weight is 236 g/mol. The molecule has 1 rings (SSSR count). The molecule has 4 heteroatoms.